The molecule has 0 unspecified atom stereocenters. The third-order valence-corrected chi connectivity index (χ3v) is 4.84. The fourth-order valence-corrected chi connectivity index (χ4v) is 3.26. The van der Waals surface area contributed by atoms with Gasteiger partial charge in [-0.2, -0.15) is 8.42 Å². The van der Waals surface area contributed by atoms with Gasteiger partial charge in [0.25, 0.3) is 0 Å². The number of aryl methyl sites for hydroxylation is 1. The second-order valence-electron chi connectivity index (χ2n) is 5.33. The lowest BCUT2D eigenvalue weighted by Crippen LogP contribution is -2.11. The van der Waals surface area contributed by atoms with Crippen molar-refractivity contribution < 1.29 is 26.8 Å². The molecule has 0 saturated carbocycles. The molecule has 0 bridgehead atoms. The molecule has 0 aliphatic carbocycles. The maximum atomic E-state index is 12.4. The van der Waals surface area contributed by atoms with Crippen LogP contribution in [0.15, 0.2) is 47.4 Å². The molecule has 2 aromatic rings. The van der Waals surface area contributed by atoms with Crippen LogP contribution in [0.1, 0.15) is 17.4 Å². The van der Waals surface area contributed by atoms with Crippen molar-refractivity contribution in [3.05, 3.63) is 53.6 Å². The summed E-state index contributed by atoms with van der Waals surface area (Å²) in [4.78, 5) is 0.0849. The number of methoxy groups -OCH3 is 1. The molecule has 128 valence electrons. The highest BCUT2D eigenvalue weighted by atomic mass is 32.2. The zero-order valence-electron chi connectivity index (χ0n) is 13.4. The Kier molecular flexibility index (Phi) is 4.75. The molecule has 1 aliphatic heterocycles. The molecule has 1 aliphatic rings. The predicted octanol–water partition coefficient (Wildman–Crippen LogP) is 2.82. The standard InChI is InChI=1S/C17H18O6S/c1-12-3-6-14(7-4-12)24(18,19)23-15-8-5-13(11-16(15)20-2)17-21-9-10-22-17/h3-8,11,17H,9-10H2,1-2H3. The minimum Gasteiger partial charge on any atom is -0.493 e. The second-order valence-corrected chi connectivity index (χ2v) is 6.88. The normalized spacial score (nSPS) is 15.4. The first-order valence-corrected chi connectivity index (χ1v) is 8.83. The molecular weight excluding hydrogens is 332 g/mol. The lowest BCUT2D eigenvalue weighted by molar-refractivity contribution is -0.0442. The van der Waals surface area contributed by atoms with E-state index in [0.717, 1.165) is 11.1 Å². The van der Waals surface area contributed by atoms with E-state index in [2.05, 4.69) is 0 Å². The summed E-state index contributed by atoms with van der Waals surface area (Å²) in [6.07, 6.45) is -0.471. The summed E-state index contributed by atoms with van der Waals surface area (Å²) in [5.74, 6) is 0.405. The second kappa shape index (κ2) is 6.80. The van der Waals surface area contributed by atoms with Gasteiger partial charge in [-0.15, -0.1) is 0 Å². The van der Waals surface area contributed by atoms with Crippen molar-refractivity contribution in [3.63, 3.8) is 0 Å². The van der Waals surface area contributed by atoms with Gasteiger partial charge in [-0.3, -0.25) is 0 Å². The molecule has 1 saturated heterocycles. The van der Waals surface area contributed by atoms with E-state index in [-0.39, 0.29) is 10.6 Å². The van der Waals surface area contributed by atoms with E-state index in [1.807, 2.05) is 6.92 Å². The first kappa shape index (κ1) is 16.8. The number of benzene rings is 2. The van der Waals surface area contributed by atoms with Crippen molar-refractivity contribution in [1.29, 1.82) is 0 Å². The van der Waals surface area contributed by atoms with Crippen LogP contribution in [-0.2, 0) is 19.6 Å². The summed E-state index contributed by atoms with van der Waals surface area (Å²) < 4.78 is 46.1. The fourth-order valence-electron chi connectivity index (χ4n) is 2.32. The van der Waals surface area contributed by atoms with E-state index in [1.54, 1.807) is 24.3 Å². The molecule has 24 heavy (non-hydrogen) atoms. The van der Waals surface area contributed by atoms with Crippen LogP contribution in [-0.4, -0.2) is 28.7 Å². The number of ether oxygens (including phenoxy) is 3. The van der Waals surface area contributed by atoms with Crippen molar-refractivity contribution in [2.75, 3.05) is 20.3 Å². The molecule has 1 fully saturated rings. The van der Waals surface area contributed by atoms with Gasteiger partial charge < -0.3 is 18.4 Å². The number of hydrogen-bond donors (Lipinski definition) is 0. The minimum absolute atomic E-state index is 0.0849. The van der Waals surface area contributed by atoms with Gasteiger partial charge in [0.2, 0.25) is 0 Å². The van der Waals surface area contributed by atoms with E-state index in [0.29, 0.717) is 19.0 Å². The van der Waals surface area contributed by atoms with Crippen LogP contribution in [0.4, 0.5) is 0 Å². The quantitative estimate of drug-likeness (QED) is 0.772. The van der Waals surface area contributed by atoms with Crippen LogP contribution in [0, 0.1) is 6.92 Å². The zero-order valence-corrected chi connectivity index (χ0v) is 14.2. The Labute approximate surface area is 141 Å². The minimum atomic E-state index is -3.94. The molecule has 0 amide bonds. The first-order valence-electron chi connectivity index (χ1n) is 7.42. The van der Waals surface area contributed by atoms with Crippen molar-refractivity contribution in [1.82, 2.24) is 0 Å². The molecule has 6 nitrogen and oxygen atoms in total. The molecule has 2 aromatic carbocycles. The van der Waals surface area contributed by atoms with E-state index in [4.69, 9.17) is 18.4 Å². The Bertz CT molecular complexity index is 807. The fraction of sp³-hybridized carbons (Fsp3) is 0.294. The highest BCUT2D eigenvalue weighted by molar-refractivity contribution is 7.87. The van der Waals surface area contributed by atoms with Crippen LogP contribution < -0.4 is 8.92 Å². The summed E-state index contributed by atoms with van der Waals surface area (Å²) in [5.41, 5.74) is 1.71. The Morgan fingerprint density at radius 2 is 1.67 bits per heavy atom. The van der Waals surface area contributed by atoms with Gasteiger partial charge in [0, 0.05) is 5.56 Å². The third kappa shape index (κ3) is 3.53. The van der Waals surface area contributed by atoms with Crippen LogP contribution in [0.2, 0.25) is 0 Å². The number of rotatable bonds is 5. The molecular formula is C17H18O6S. The summed E-state index contributed by atoms with van der Waals surface area (Å²) in [5, 5.41) is 0. The first-order chi connectivity index (χ1) is 11.5. The monoisotopic (exact) mass is 350 g/mol. The SMILES string of the molecule is COc1cc(C2OCCO2)ccc1OS(=O)(=O)c1ccc(C)cc1. The Morgan fingerprint density at radius 1 is 1.00 bits per heavy atom. The van der Waals surface area contributed by atoms with Crippen LogP contribution in [0.5, 0.6) is 11.5 Å². The van der Waals surface area contributed by atoms with Gasteiger partial charge in [0.05, 0.1) is 20.3 Å². The lowest BCUT2D eigenvalue weighted by Gasteiger charge is -2.14. The van der Waals surface area contributed by atoms with Gasteiger partial charge in [-0.25, -0.2) is 0 Å². The van der Waals surface area contributed by atoms with Gasteiger partial charge in [0.1, 0.15) is 4.90 Å². The Hall–Kier alpha value is -2.09. The lowest BCUT2D eigenvalue weighted by atomic mass is 10.2. The highest BCUT2D eigenvalue weighted by Gasteiger charge is 2.23. The molecule has 0 N–H and O–H groups in total. The van der Waals surface area contributed by atoms with Crippen LogP contribution >= 0.6 is 0 Å². The summed E-state index contributed by atoms with van der Waals surface area (Å²) >= 11 is 0. The van der Waals surface area contributed by atoms with Crippen molar-refractivity contribution in [3.8, 4) is 11.5 Å². The molecule has 0 radical (unpaired) electrons. The predicted molar refractivity (Wildman–Crippen MR) is 86.6 cm³/mol. The molecule has 3 rings (SSSR count). The average molecular weight is 350 g/mol. The molecule has 0 atom stereocenters. The van der Waals surface area contributed by atoms with Crippen molar-refractivity contribution >= 4 is 10.1 Å². The van der Waals surface area contributed by atoms with E-state index >= 15 is 0 Å². The topological polar surface area (TPSA) is 71.1 Å². The van der Waals surface area contributed by atoms with Gasteiger partial charge >= 0.3 is 10.1 Å². The summed E-state index contributed by atoms with van der Waals surface area (Å²) in [6.45, 7) is 2.92. The van der Waals surface area contributed by atoms with Crippen LogP contribution in [0.25, 0.3) is 0 Å². The Morgan fingerprint density at radius 3 is 2.29 bits per heavy atom. The van der Waals surface area contributed by atoms with E-state index < -0.39 is 16.4 Å². The van der Waals surface area contributed by atoms with Gasteiger partial charge in [0.15, 0.2) is 17.8 Å². The smallest absolute Gasteiger partial charge is 0.339 e. The molecule has 0 aromatic heterocycles. The number of hydrogen-bond acceptors (Lipinski definition) is 6. The Balaban J connectivity index is 1.87. The maximum Gasteiger partial charge on any atom is 0.339 e. The van der Waals surface area contributed by atoms with Crippen molar-refractivity contribution in [2.24, 2.45) is 0 Å². The summed E-state index contributed by atoms with van der Waals surface area (Å²) in [7, 11) is -2.49. The summed E-state index contributed by atoms with van der Waals surface area (Å²) in [6, 6.07) is 11.3. The maximum absolute atomic E-state index is 12.4. The average Bonchev–Trinajstić information content (AvgIpc) is 3.10. The highest BCUT2D eigenvalue weighted by Crippen LogP contribution is 2.34. The van der Waals surface area contributed by atoms with E-state index in [1.165, 1.54) is 25.3 Å². The largest absolute Gasteiger partial charge is 0.493 e. The molecule has 1 heterocycles. The van der Waals surface area contributed by atoms with Crippen molar-refractivity contribution in [2.45, 2.75) is 18.1 Å². The van der Waals surface area contributed by atoms with E-state index in [9.17, 15) is 8.42 Å². The van der Waals surface area contributed by atoms with Gasteiger partial charge in [-0.05, 0) is 37.3 Å². The molecule has 0 spiro atoms. The third-order valence-electron chi connectivity index (χ3n) is 3.59. The molecule has 7 heteroatoms. The zero-order chi connectivity index (χ0) is 17.2. The van der Waals surface area contributed by atoms with Crippen LogP contribution in [0.3, 0.4) is 0 Å². The van der Waals surface area contributed by atoms with Gasteiger partial charge in [-0.1, -0.05) is 17.7 Å².